The standard InChI is InChI=1S/C19H30N2O3/c1-13(2)12-15-7-9-16(10-8-15)14(3)18(22)21-17(6-5-11-20)19(23)24-4/h7-10,13-14,17H,5-6,11-12,20H2,1-4H3,(H,21,22). The van der Waals surface area contributed by atoms with Crippen LogP contribution in [0.15, 0.2) is 24.3 Å². The molecule has 0 radical (unpaired) electrons. The first-order valence-corrected chi connectivity index (χ1v) is 8.56. The first-order valence-electron chi connectivity index (χ1n) is 8.56. The molecule has 3 N–H and O–H groups in total. The van der Waals surface area contributed by atoms with Crippen molar-refractivity contribution in [2.75, 3.05) is 13.7 Å². The predicted molar refractivity (Wildman–Crippen MR) is 95.6 cm³/mol. The summed E-state index contributed by atoms with van der Waals surface area (Å²) < 4.78 is 4.75. The van der Waals surface area contributed by atoms with Crippen LogP contribution in [-0.2, 0) is 20.7 Å². The lowest BCUT2D eigenvalue weighted by atomic mass is 9.96. The largest absolute Gasteiger partial charge is 0.467 e. The maximum absolute atomic E-state index is 12.4. The number of ether oxygens (including phenoxy) is 1. The molecule has 0 saturated carbocycles. The molecule has 0 aliphatic heterocycles. The van der Waals surface area contributed by atoms with Crippen LogP contribution in [0, 0.1) is 5.92 Å². The van der Waals surface area contributed by atoms with Crippen LogP contribution in [0.25, 0.3) is 0 Å². The molecule has 5 nitrogen and oxygen atoms in total. The highest BCUT2D eigenvalue weighted by atomic mass is 16.5. The first kappa shape index (κ1) is 20.2. The second-order valence-corrected chi connectivity index (χ2v) is 6.58. The number of nitrogens with one attached hydrogen (secondary N) is 1. The van der Waals surface area contributed by atoms with Crippen LogP contribution in [0.5, 0.6) is 0 Å². The molecule has 1 aromatic carbocycles. The molecule has 0 bridgehead atoms. The molecule has 0 saturated heterocycles. The Kier molecular flexibility index (Phi) is 8.47. The lowest BCUT2D eigenvalue weighted by Crippen LogP contribution is -2.43. The number of carbonyl (C=O) groups excluding carboxylic acids is 2. The van der Waals surface area contributed by atoms with Gasteiger partial charge in [-0.25, -0.2) is 4.79 Å². The second-order valence-electron chi connectivity index (χ2n) is 6.58. The van der Waals surface area contributed by atoms with Gasteiger partial charge >= 0.3 is 5.97 Å². The van der Waals surface area contributed by atoms with Gasteiger partial charge in [-0.3, -0.25) is 4.79 Å². The van der Waals surface area contributed by atoms with Gasteiger partial charge in [0, 0.05) is 0 Å². The minimum atomic E-state index is -0.645. The van der Waals surface area contributed by atoms with Crippen LogP contribution in [0.3, 0.4) is 0 Å². The lowest BCUT2D eigenvalue weighted by molar-refractivity contribution is -0.145. The van der Waals surface area contributed by atoms with E-state index in [4.69, 9.17) is 10.5 Å². The van der Waals surface area contributed by atoms with E-state index in [0.29, 0.717) is 25.3 Å². The number of nitrogens with two attached hydrogens (primary N) is 1. The molecule has 24 heavy (non-hydrogen) atoms. The number of hydrogen-bond donors (Lipinski definition) is 2. The summed E-state index contributed by atoms with van der Waals surface area (Å²) in [5.41, 5.74) is 7.68. The number of hydrogen-bond acceptors (Lipinski definition) is 4. The summed E-state index contributed by atoms with van der Waals surface area (Å²) in [5.74, 6) is -0.349. The van der Waals surface area contributed by atoms with Gasteiger partial charge in [0.25, 0.3) is 0 Å². The van der Waals surface area contributed by atoms with Crippen LogP contribution in [-0.4, -0.2) is 31.6 Å². The maximum atomic E-state index is 12.4. The van der Waals surface area contributed by atoms with Crippen LogP contribution < -0.4 is 11.1 Å². The van der Waals surface area contributed by atoms with Gasteiger partial charge in [-0.15, -0.1) is 0 Å². The minimum Gasteiger partial charge on any atom is -0.467 e. The Morgan fingerprint density at radius 2 is 1.79 bits per heavy atom. The molecule has 0 aromatic heterocycles. The molecule has 0 aliphatic carbocycles. The van der Waals surface area contributed by atoms with E-state index >= 15 is 0 Å². The summed E-state index contributed by atoms with van der Waals surface area (Å²) in [4.78, 5) is 24.2. The Morgan fingerprint density at radius 1 is 1.17 bits per heavy atom. The predicted octanol–water partition coefficient (Wildman–Crippen LogP) is 2.39. The third kappa shape index (κ3) is 6.32. The Labute approximate surface area is 145 Å². The molecule has 0 heterocycles. The topological polar surface area (TPSA) is 81.4 Å². The summed E-state index contributed by atoms with van der Waals surface area (Å²) in [6.45, 7) is 6.66. The van der Waals surface area contributed by atoms with Crippen LogP contribution in [0.4, 0.5) is 0 Å². The Hall–Kier alpha value is -1.88. The van der Waals surface area contributed by atoms with Gasteiger partial charge < -0.3 is 15.8 Å². The third-order valence-corrected chi connectivity index (χ3v) is 4.02. The zero-order chi connectivity index (χ0) is 18.1. The molecule has 0 aliphatic rings. The average Bonchev–Trinajstić information content (AvgIpc) is 2.57. The number of benzene rings is 1. The van der Waals surface area contributed by atoms with Crippen molar-refractivity contribution in [1.82, 2.24) is 5.32 Å². The fraction of sp³-hybridized carbons (Fsp3) is 0.579. The van der Waals surface area contributed by atoms with Crippen molar-refractivity contribution in [2.24, 2.45) is 11.7 Å². The Balaban J connectivity index is 2.72. The Morgan fingerprint density at radius 3 is 2.29 bits per heavy atom. The molecule has 134 valence electrons. The van der Waals surface area contributed by atoms with Gasteiger partial charge in [-0.2, -0.15) is 0 Å². The summed E-state index contributed by atoms with van der Waals surface area (Å²) in [6, 6.07) is 7.44. The fourth-order valence-electron chi connectivity index (χ4n) is 2.58. The molecule has 1 aromatic rings. The van der Waals surface area contributed by atoms with Gasteiger partial charge in [-0.05, 0) is 49.8 Å². The monoisotopic (exact) mass is 334 g/mol. The van der Waals surface area contributed by atoms with Crippen molar-refractivity contribution in [1.29, 1.82) is 0 Å². The van der Waals surface area contributed by atoms with Crippen molar-refractivity contribution >= 4 is 11.9 Å². The number of amides is 1. The van der Waals surface area contributed by atoms with Gasteiger partial charge in [0.05, 0.1) is 13.0 Å². The van der Waals surface area contributed by atoms with Gasteiger partial charge in [0.2, 0.25) is 5.91 Å². The fourth-order valence-corrected chi connectivity index (χ4v) is 2.58. The van der Waals surface area contributed by atoms with E-state index in [0.717, 1.165) is 12.0 Å². The number of carbonyl (C=O) groups is 2. The minimum absolute atomic E-state index is 0.181. The number of rotatable bonds is 9. The van der Waals surface area contributed by atoms with Gasteiger partial charge in [-0.1, -0.05) is 38.1 Å². The van der Waals surface area contributed by atoms with E-state index in [9.17, 15) is 9.59 Å². The zero-order valence-corrected chi connectivity index (χ0v) is 15.2. The normalized spacial score (nSPS) is 13.4. The smallest absolute Gasteiger partial charge is 0.328 e. The molecule has 0 spiro atoms. The molecule has 5 heteroatoms. The SMILES string of the molecule is COC(=O)C(CCCN)NC(=O)C(C)c1ccc(CC(C)C)cc1. The van der Waals surface area contributed by atoms with Crippen molar-refractivity contribution in [3.05, 3.63) is 35.4 Å². The third-order valence-electron chi connectivity index (χ3n) is 4.02. The van der Waals surface area contributed by atoms with Crippen LogP contribution >= 0.6 is 0 Å². The summed E-state index contributed by atoms with van der Waals surface area (Å²) >= 11 is 0. The highest BCUT2D eigenvalue weighted by molar-refractivity contribution is 5.88. The van der Waals surface area contributed by atoms with E-state index in [2.05, 4.69) is 31.3 Å². The van der Waals surface area contributed by atoms with Gasteiger partial charge in [0.1, 0.15) is 6.04 Å². The van der Waals surface area contributed by atoms with Crippen molar-refractivity contribution in [3.63, 3.8) is 0 Å². The van der Waals surface area contributed by atoms with E-state index < -0.39 is 12.0 Å². The summed E-state index contributed by atoms with van der Waals surface area (Å²) in [5, 5.41) is 2.78. The molecule has 0 fully saturated rings. The van der Waals surface area contributed by atoms with E-state index in [1.807, 2.05) is 19.1 Å². The van der Waals surface area contributed by atoms with Gasteiger partial charge in [0.15, 0.2) is 0 Å². The lowest BCUT2D eigenvalue weighted by Gasteiger charge is -2.19. The van der Waals surface area contributed by atoms with E-state index in [1.54, 1.807) is 0 Å². The quantitative estimate of drug-likeness (QED) is 0.679. The molecule has 1 rings (SSSR count). The summed E-state index contributed by atoms with van der Waals surface area (Å²) in [7, 11) is 1.32. The maximum Gasteiger partial charge on any atom is 0.328 e. The number of methoxy groups -OCH3 is 1. The molecular weight excluding hydrogens is 304 g/mol. The van der Waals surface area contributed by atoms with Crippen molar-refractivity contribution in [2.45, 2.75) is 52.0 Å². The molecular formula is C19H30N2O3. The Bertz CT molecular complexity index is 526. The molecule has 2 atom stereocenters. The zero-order valence-electron chi connectivity index (χ0n) is 15.2. The second kappa shape index (κ2) is 10.1. The van der Waals surface area contributed by atoms with Crippen molar-refractivity contribution in [3.8, 4) is 0 Å². The van der Waals surface area contributed by atoms with Crippen molar-refractivity contribution < 1.29 is 14.3 Å². The first-order chi connectivity index (χ1) is 11.4. The summed E-state index contributed by atoms with van der Waals surface area (Å²) in [6.07, 6.45) is 2.15. The molecule has 1 amide bonds. The van der Waals surface area contributed by atoms with E-state index in [-0.39, 0.29) is 11.8 Å². The van der Waals surface area contributed by atoms with Crippen LogP contribution in [0.1, 0.15) is 50.7 Å². The van der Waals surface area contributed by atoms with Crippen LogP contribution in [0.2, 0.25) is 0 Å². The number of esters is 1. The highest BCUT2D eigenvalue weighted by Crippen LogP contribution is 2.18. The van der Waals surface area contributed by atoms with E-state index in [1.165, 1.54) is 12.7 Å². The average molecular weight is 334 g/mol. The highest BCUT2D eigenvalue weighted by Gasteiger charge is 2.24. The molecule has 2 unspecified atom stereocenters.